The Hall–Kier alpha value is -2.80. The van der Waals surface area contributed by atoms with Crippen LogP contribution in [-0.2, 0) is 10.3 Å². The molecule has 0 radical (unpaired) electrons. The molecule has 0 bridgehead atoms. The lowest BCUT2D eigenvalue weighted by Crippen LogP contribution is -2.41. The number of imide groups is 1. The molecule has 0 saturated carbocycles. The molecule has 1 saturated heterocycles. The fourth-order valence-electron chi connectivity index (χ4n) is 2.87. The first-order valence-electron chi connectivity index (χ1n) is 7.65. The summed E-state index contributed by atoms with van der Waals surface area (Å²) in [4.78, 5) is 25.7. The largest absolute Gasteiger partial charge is 0.386 e. The van der Waals surface area contributed by atoms with Gasteiger partial charge in [-0.2, -0.15) is 0 Å². The summed E-state index contributed by atoms with van der Waals surface area (Å²) in [5.41, 5.74) is -1.00. The quantitative estimate of drug-likeness (QED) is 0.836. The minimum atomic E-state index is -1.54. The first kappa shape index (κ1) is 17.0. The van der Waals surface area contributed by atoms with Crippen molar-refractivity contribution in [3.8, 4) is 0 Å². The van der Waals surface area contributed by atoms with E-state index in [1.807, 2.05) is 0 Å². The predicted octanol–water partition coefficient (Wildman–Crippen LogP) is 2.47. The van der Waals surface area contributed by atoms with E-state index < -0.39 is 41.8 Å². The Morgan fingerprint density at radius 3 is 2.52 bits per heavy atom. The highest BCUT2D eigenvalue weighted by Gasteiger charge is 2.49. The molecule has 2 atom stereocenters. The van der Waals surface area contributed by atoms with E-state index in [-0.39, 0.29) is 5.56 Å². The van der Waals surface area contributed by atoms with Gasteiger partial charge < -0.3 is 10.4 Å². The molecule has 0 aromatic heterocycles. The SMILES string of the molecule is C[C@]1(c2ccccc2)NC(=O)N(C[C@@H](O)c2cc(F)ccc2F)C1=O. The number of halogens is 2. The number of rotatable bonds is 4. The van der Waals surface area contributed by atoms with Crippen molar-refractivity contribution in [1.29, 1.82) is 0 Å². The summed E-state index contributed by atoms with van der Waals surface area (Å²) >= 11 is 0. The molecular weight excluding hydrogens is 330 g/mol. The highest BCUT2D eigenvalue weighted by Crippen LogP contribution is 2.30. The van der Waals surface area contributed by atoms with Crippen molar-refractivity contribution in [3.63, 3.8) is 0 Å². The number of benzene rings is 2. The average molecular weight is 346 g/mol. The Morgan fingerprint density at radius 1 is 1.16 bits per heavy atom. The van der Waals surface area contributed by atoms with Crippen LogP contribution in [0.1, 0.15) is 24.2 Å². The van der Waals surface area contributed by atoms with Gasteiger partial charge in [0, 0.05) is 5.56 Å². The maximum absolute atomic E-state index is 13.8. The summed E-state index contributed by atoms with van der Waals surface area (Å²) < 4.78 is 27.1. The maximum Gasteiger partial charge on any atom is 0.325 e. The number of urea groups is 1. The molecule has 1 fully saturated rings. The highest BCUT2D eigenvalue weighted by atomic mass is 19.1. The molecule has 1 heterocycles. The number of hydrogen-bond acceptors (Lipinski definition) is 3. The third kappa shape index (κ3) is 2.98. The van der Waals surface area contributed by atoms with Crippen molar-refractivity contribution in [2.24, 2.45) is 0 Å². The number of carbonyl (C=O) groups excluding carboxylic acids is 2. The molecular formula is C18H16F2N2O3. The van der Waals surface area contributed by atoms with E-state index in [1.165, 1.54) is 0 Å². The van der Waals surface area contributed by atoms with Crippen molar-refractivity contribution >= 4 is 11.9 Å². The van der Waals surface area contributed by atoms with Gasteiger partial charge in [-0.25, -0.2) is 13.6 Å². The second-order valence-electron chi connectivity index (χ2n) is 6.02. The Morgan fingerprint density at radius 2 is 1.84 bits per heavy atom. The van der Waals surface area contributed by atoms with Gasteiger partial charge in [0.15, 0.2) is 0 Å². The molecule has 7 heteroatoms. The lowest BCUT2D eigenvalue weighted by molar-refractivity contribution is -0.132. The van der Waals surface area contributed by atoms with Crippen LogP contribution in [0.4, 0.5) is 13.6 Å². The molecule has 2 aromatic rings. The van der Waals surface area contributed by atoms with Crippen molar-refractivity contribution in [2.45, 2.75) is 18.6 Å². The Kier molecular flexibility index (Phi) is 4.26. The lowest BCUT2D eigenvalue weighted by Gasteiger charge is -2.23. The topological polar surface area (TPSA) is 69.6 Å². The van der Waals surface area contributed by atoms with E-state index >= 15 is 0 Å². The van der Waals surface area contributed by atoms with E-state index in [4.69, 9.17) is 0 Å². The molecule has 3 amide bonds. The molecule has 2 N–H and O–H groups in total. The normalized spacial score (nSPS) is 21.4. The van der Waals surface area contributed by atoms with Gasteiger partial charge in [-0.15, -0.1) is 0 Å². The Balaban J connectivity index is 1.85. The fraction of sp³-hybridized carbons (Fsp3) is 0.222. The van der Waals surface area contributed by atoms with Crippen LogP contribution in [0.5, 0.6) is 0 Å². The van der Waals surface area contributed by atoms with Crippen LogP contribution in [0.3, 0.4) is 0 Å². The van der Waals surface area contributed by atoms with Crippen LogP contribution in [0.2, 0.25) is 0 Å². The first-order valence-corrected chi connectivity index (χ1v) is 7.65. The second-order valence-corrected chi connectivity index (χ2v) is 6.02. The first-order chi connectivity index (χ1) is 11.8. The number of hydrogen-bond donors (Lipinski definition) is 2. The standard InChI is InChI=1S/C18H16F2N2O3/c1-18(11-5-3-2-4-6-11)16(24)22(17(25)21-18)10-15(23)13-9-12(19)7-8-14(13)20/h2-9,15,23H,10H2,1H3,(H,21,25)/t15-,18-/m1/s1. The molecule has 1 aliphatic rings. The fourth-order valence-corrected chi connectivity index (χ4v) is 2.87. The minimum absolute atomic E-state index is 0.311. The number of carbonyl (C=O) groups is 2. The molecule has 0 unspecified atom stereocenters. The van der Waals surface area contributed by atoms with Crippen molar-refractivity contribution in [2.75, 3.05) is 6.54 Å². The zero-order valence-electron chi connectivity index (χ0n) is 13.4. The van der Waals surface area contributed by atoms with Gasteiger partial charge in [0.25, 0.3) is 5.91 Å². The molecule has 0 spiro atoms. The number of nitrogens with zero attached hydrogens (tertiary/aromatic N) is 1. The number of β-amino-alcohol motifs (C(OH)–C–C–N with tert-alkyl or cyclic N) is 1. The summed E-state index contributed by atoms with van der Waals surface area (Å²) in [6.07, 6.45) is -1.54. The Labute approximate surface area is 142 Å². The Bertz CT molecular complexity index is 828. The van der Waals surface area contributed by atoms with E-state index in [0.717, 1.165) is 23.1 Å². The van der Waals surface area contributed by atoms with Gasteiger partial charge in [0.05, 0.1) is 6.54 Å². The summed E-state index contributed by atoms with van der Waals surface area (Å²) in [5.74, 6) is -2.10. The molecule has 25 heavy (non-hydrogen) atoms. The molecule has 5 nitrogen and oxygen atoms in total. The number of amides is 3. The van der Waals surface area contributed by atoms with E-state index in [9.17, 15) is 23.5 Å². The smallest absolute Gasteiger partial charge is 0.325 e. The van der Waals surface area contributed by atoms with Gasteiger partial charge in [0.2, 0.25) is 0 Å². The lowest BCUT2D eigenvalue weighted by atomic mass is 9.92. The number of aliphatic hydroxyl groups excluding tert-OH is 1. The molecule has 3 rings (SSSR count). The molecule has 1 aliphatic heterocycles. The van der Waals surface area contributed by atoms with Crippen molar-refractivity contribution in [1.82, 2.24) is 10.2 Å². The monoisotopic (exact) mass is 346 g/mol. The summed E-state index contributed by atoms with van der Waals surface area (Å²) in [5, 5.41) is 12.8. The van der Waals surface area contributed by atoms with Gasteiger partial charge in [-0.3, -0.25) is 9.69 Å². The van der Waals surface area contributed by atoms with Gasteiger partial charge in [-0.1, -0.05) is 30.3 Å². The van der Waals surface area contributed by atoms with E-state index in [1.54, 1.807) is 37.3 Å². The summed E-state index contributed by atoms with van der Waals surface area (Å²) in [6.45, 7) is 1.07. The second kappa shape index (κ2) is 6.25. The van der Waals surface area contributed by atoms with Crippen LogP contribution >= 0.6 is 0 Å². The zero-order valence-corrected chi connectivity index (χ0v) is 13.4. The molecule has 2 aromatic carbocycles. The van der Waals surface area contributed by atoms with E-state index in [0.29, 0.717) is 5.56 Å². The van der Waals surface area contributed by atoms with Crippen molar-refractivity contribution in [3.05, 3.63) is 71.3 Å². The highest BCUT2D eigenvalue weighted by molar-refractivity contribution is 6.07. The maximum atomic E-state index is 13.8. The summed E-state index contributed by atoms with van der Waals surface area (Å²) in [6, 6.07) is 10.6. The van der Waals surface area contributed by atoms with Crippen LogP contribution in [-0.4, -0.2) is 28.5 Å². The predicted molar refractivity (Wildman–Crippen MR) is 85.4 cm³/mol. The van der Waals surface area contributed by atoms with Crippen LogP contribution in [0, 0.1) is 11.6 Å². The molecule has 130 valence electrons. The number of nitrogens with one attached hydrogen (secondary N) is 1. The van der Waals surface area contributed by atoms with Gasteiger partial charge >= 0.3 is 6.03 Å². The van der Waals surface area contributed by atoms with Gasteiger partial charge in [-0.05, 0) is 30.7 Å². The van der Waals surface area contributed by atoms with Crippen LogP contribution < -0.4 is 5.32 Å². The van der Waals surface area contributed by atoms with Crippen molar-refractivity contribution < 1.29 is 23.5 Å². The number of aliphatic hydroxyl groups is 1. The van der Waals surface area contributed by atoms with Crippen LogP contribution in [0.25, 0.3) is 0 Å². The van der Waals surface area contributed by atoms with Crippen LogP contribution in [0.15, 0.2) is 48.5 Å². The zero-order chi connectivity index (χ0) is 18.2. The van der Waals surface area contributed by atoms with E-state index in [2.05, 4.69) is 5.32 Å². The minimum Gasteiger partial charge on any atom is -0.386 e. The summed E-state index contributed by atoms with van der Waals surface area (Å²) in [7, 11) is 0. The molecule has 0 aliphatic carbocycles. The third-order valence-electron chi connectivity index (χ3n) is 4.30. The third-order valence-corrected chi connectivity index (χ3v) is 4.30. The average Bonchev–Trinajstić information content (AvgIpc) is 2.82. The van der Waals surface area contributed by atoms with Gasteiger partial charge in [0.1, 0.15) is 23.3 Å².